The average molecular weight is 451 g/mol. The van der Waals surface area contributed by atoms with Gasteiger partial charge >= 0.3 is 0 Å². The Labute approximate surface area is 185 Å². The SMILES string of the molecule is CCOc1ccc(NS(=O)(=O)c2cc(NC(=O)c3c[nH]c4ncccc34)ccc2C)cc1. The molecule has 8 nitrogen and oxygen atoms in total. The van der Waals surface area contributed by atoms with Crippen LogP contribution < -0.4 is 14.8 Å². The van der Waals surface area contributed by atoms with Gasteiger partial charge in [0.25, 0.3) is 15.9 Å². The van der Waals surface area contributed by atoms with Gasteiger partial charge in [0, 0.05) is 29.2 Å². The van der Waals surface area contributed by atoms with E-state index < -0.39 is 10.0 Å². The van der Waals surface area contributed by atoms with E-state index >= 15 is 0 Å². The third-order valence-electron chi connectivity index (χ3n) is 4.85. The highest BCUT2D eigenvalue weighted by Crippen LogP contribution is 2.25. The summed E-state index contributed by atoms with van der Waals surface area (Å²) in [6.07, 6.45) is 3.21. The van der Waals surface area contributed by atoms with E-state index in [1.807, 2.05) is 6.92 Å². The van der Waals surface area contributed by atoms with Crippen LogP contribution in [0, 0.1) is 6.92 Å². The first-order valence-electron chi connectivity index (χ1n) is 9.97. The molecule has 0 bridgehead atoms. The number of hydrogen-bond donors (Lipinski definition) is 3. The third-order valence-corrected chi connectivity index (χ3v) is 6.37. The van der Waals surface area contributed by atoms with Crippen LogP contribution in [0.4, 0.5) is 11.4 Å². The lowest BCUT2D eigenvalue weighted by Gasteiger charge is -2.13. The average Bonchev–Trinajstić information content (AvgIpc) is 3.21. The van der Waals surface area contributed by atoms with Gasteiger partial charge in [-0.1, -0.05) is 6.07 Å². The fraction of sp³-hybridized carbons (Fsp3) is 0.130. The van der Waals surface area contributed by atoms with Crippen LogP contribution in [0.25, 0.3) is 11.0 Å². The summed E-state index contributed by atoms with van der Waals surface area (Å²) in [6.45, 7) is 4.10. The summed E-state index contributed by atoms with van der Waals surface area (Å²) in [5.41, 5.74) is 2.35. The molecule has 0 saturated carbocycles. The first-order valence-corrected chi connectivity index (χ1v) is 11.5. The van der Waals surface area contributed by atoms with E-state index in [0.717, 1.165) is 0 Å². The van der Waals surface area contributed by atoms with Gasteiger partial charge in [0.1, 0.15) is 11.4 Å². The quantitative estimate of drug-likeness (QED) is 0.388. The van der Waals surface area contributed by atoms with Crippen LogP contribution in [0.3, 0.4) is 0 Å². The van der Waals surface area contributed by atoms with E-state index in [4.69, 9.17) is 4.74 Å². The van der Waals surface area contributed by atoms with Crippen molar-refractivity contribution in [3.05, 3.63) is 78.1 Å². The maximum Gasteiger partial charge on any atom is 0.262 e. The third kappa shape index (κ3) is 4.42. The van der Waals surface area contributed by atoms with Gasteiger partial charge in [0.15, 0.2) is 0 Å². The summed E-state index contributed by atoms with van der Waals surface area (Å²) in [6, 6.07) is 15.0. The van der Waals surface area contributed by atoms with Gasteiger partial charge in [-0.25, -0.2) is 13.4 Å². The summed E-state index contributed by atoms with van der Waals surface area (Å²) in [5, 5.41) is 3.45. The molecule has 0 aliphatic carbocycles. The second-order valence-corrected chi connectivity index (χ2v) is 8.75. The number of H-pyrrole nitrogens is 1. The zero-order valence-electron chi connectivity index (χ0n) is 17.5. The monoisotopic (exact) mass is 450 g/mol. The zero-order valence-corrected chi connectivity index (χ0v) is 18.4. The molecule has 2 aromatic heterocycles. The molecule has 0 fully saturated rings. The van der Waals surface area contributed by atoms with Gasteiger partial charge in [-0.15, -0.1) is 0 Å². The second kappa shape index (κ2) is 8.72. The molecule has 3 N–H and O–H groups in total. The topological polar surface area (TPSA) is 113 Å². The van der Waals surface area contributed by atoms with Gasteiger partial charge in [-0.3, -0.25) is 9.52 Å². The number of rotatable bonds is 7. The zero-order chi connectivity index (χ0) is 22.7. The van der Waals surface area contributed by atoms with Crippen molar-refractivity contribution in [2.75, 3.05) is 16.6 Å². The highest BCUT2D eigenvalue weighted by molar-refractivity contribution is 7.92. The van der Waals surface area contributed by atoms with Crippen LogP contribution in [-0.2, 0) is 10.0 Å². The van der Waals surface area contributed by atoms with Crippen LogP contribution in [0.5, 0.6) is 5.75 Å². The van der Waals surface area contributed by atoms with Crippen molar-refractivity contribution in [3.8, 4) is 5.75 Å². The summed E-state index contributed by atoms with van der Waals surface area (Å²) in [7, 11) is -3.87. The number of ether oxygens (including phenoxy) is 1. The number of anilines is 2. The maximum absolute atomic E-state index is 13.0. The first kappa shape index (κ1) is 21.4. The number of fused-ring (bicyclic) bond motifs is 1. The predicted molar refractivity (Wildman–Crippen MR) is 124 cm³/mol. The molecule has 4 rings (SSSR count). The number of aromatic nitrogens is 2. The Morgan fingerprint density at radius 3 is 2.59 bits per heavy atom. The molecule has 2 aromatic carbocycles. The summed E-state index contributed by atoms with van der Waals surface area (Å²) in [5.74, 6) is 0.291. The van der Waals surface area contributed by atoms with Crippen molar-refractivity contribution in [2.24, 2.45) is 0 Å². The van der Waals surface area contributed by atoms with E-state index in [0.29, 0.717) is 45.9 Å². The molecule has 1 amide bonds. The van der Waals surface area contributed by atoms with Crippen LogP contribution >= 0.6 is 0 Å². The highest BCUT2D eigenvalue weighted by Gasteiger charge is 2.19. The molecular weight excluding hydrogens is 428 g/mol. The van der Waals surface area contributed by atoms with E-state index in [2.05, 4.69) is 20.0 Å². The summed E-state index contributed by atoms with van der Waals surface area (Å²) < 4.78 is 34.0. The lowest BCUT2D eigenvalue weighted by atomic mass is 10.2. The number of carbonyl (C=O) groups is 1. The molecule has 0 spiro atoms. The van der Waals surface area contributed by atoms with Crippen LogP contribution in [0.1, 0.15) is 22.8 Å². The molecule has 2 heterocycles. The Bertz CT molecular complexity index is 1380. The molecule has 0 saturated heterocycles. The van der Waals surface area contributed by atoms with Gasteiger partial charge in [-0.05, 0) is 67.9 Å². The van der Waals surface area contributed by atoms with Crippen LogP contribution in [-0.4, -0.2) is 30.9 Å². The lowest BCUT2D eigenvalue weighted by Crippen LogP contribution is -2.16. The van der Waals surface area contributed by atoms with Crippen LogP contribution in [0.15, 0.2) is 71.9 Å². The standard InChI is InChI=1S/C23H22N4O4S/c1-3-31-18-10-8-16(9-11-18)27-32(29,30)21-13-17(7-6-15(21)2)26-23(28)20-14-25-22-19(20)5-4-12-24-22/h4-14,27H,3H2,1-2H3,(H,24,25)(H,26,28). The lowest BCUT2D eigenvalue weighted by molar-refractivity contribution is 0.102. The number of carbonyl (C=O) groups excluding carboxylic acids is 1. The van der Waals surface area contributed by atoms with E-state index in [1.165, 1.54) is 6.07 Å². The van der Waals surface area contributed by atoms with Gasteiger partial charge in [0.05, 0.1) is 17.1 Å². The Kier molecular flexibility index (Phi) is 5.83. The van der Waals surface area contributed by atoms with E-state index in [9.17, 15) is 13.2 Å². The number of sulfonamides is 1. The number of benzene rings is 2. The Morgan fingerprint density at radius 1 is 1.09 bits per heavy atom. The minimum absolute atomic E-state index is 0.0739. The fourth-order valence-electron chi connectivity index (χ4n) is 3.31. The molecule has 0 atom stereocenters. The van der Waals surface area contributed by atoms with E-state index in [1.54, 1.807) is 67.8 Å². The fourth-order valence-corrected chi connectivity index (χ4v) is 4.64. The minimum Gasteiger partial charge on any atom is -0.494 e. The second-order valence-electron chi connectivity index (χ2n) is 7.10. The van der Waals surface area contributed by atoms with Crippen molar-refractivity contribution in [2.45, 2.75) is 18.7 Å². The smallest absolute Gasteiger partial charge is 0.262 e. The van der Waals surface area contributed by atoms with Crippen molar-refractivity contribution in [3.63, 3.8) is 0 Å². The minimum atomic E-state index is -3.87. The highest BCUT2D eigenvalue weighted by atomic mass is 32.2. The van der Waals surface area contributed by atoms with Gasteiger partial charge < -0.3 is 15.0 Å². The summed E-state index contributed by atoms with van der Waals surface area (Å²) >= 11 is 0. The molecule has 0 radical (unpaired) electrons. The molecule has 32 heavy (non-hydrogen) atoms. The van der Waals surface area contributed by atoms with Gasteiger partial charge in [-0.2, -0.15) is 0 Å². The van der Waals surface area contributed by atoms with Crippen LogP contribution in [0.2, 0.25) is 0 Å². The molecule has 0 unspecified atom stereocenters. The Balaban J connectivity index is 1.57. The molecule has 0 aliphatic heterocycles. The van der Waals surface area contributed by atoms with Crippen molar-refractivity contribution in [1.29, 1.82) is 0 Å². The first-order chi connectivity index (χ1) is 15.4. The molecule has 9 heteroatoms. The van der Waals surface area contributed by atoms with Crippen molar-refractivity contribution >= 4 is 38.3 Å². The number of amides is 1. The number of nitrogens with zero attached hydrogens (tertiary/aromatic N) is 1. The van der Waals surface area contributed by atoms with Crippen molar-refractivity contribution in [1.82, 2.24) is 9.97 Å². The Morgan fingerprint density at radius 2 is 1.84 bits per heavy atom. The molecular formula is C23H22N4O4S. The van der Waals surface area contributed by atoms with E-state index in [-0.39, 0.29) is 10.8 Å². The van der Waals surface area contributed by atoms with Gasteiger partial charge in [0.2, 0.25) is 0 Å². The number of aromatic amines is 1. The summed E-state index contributed by atoms with van der Waals surface area (Å²) in [4.78, 5) is 20.0. The molecule has 0 aliphatic rings. The number of aryl methyl sites for hydroxylation is 1. The number of nitrogens with one attached hydrogen (secondary N) is 3. The normalized spacial score (nSPS) is 11.3. The molecule has 4 aromatic rings. The number of hydrogen-bond acceptors (Lipinski definition) is 5. The number of pyridine rings is 1. The largest absolute Gasteiger partial charge is 0.494 e. The Hall–Kier alpha value is -3.85. The predicted octanol–water partition coefficient (Wildman–Crippen LogP) is 4.32. The maximum atomic E-state index is 13.0. The molecule has 164 valence electrons. The van der Waals surface area contributed by atoms with Crippen molar-refractivity contribution < 1.29 is 17.9 Å².